The van der Waals surface area contributed by atoms with E-state index < -0.39 is 0 Å². The van der Waals surface area contributed by atoms with E-state index in [1.54, 1.807) is 6.08 Å². The number of piperidine rings is 1. The molecule has 1 fully saturated rings. The zero-order valence-corrected chi connectivity index (χ0v) is 14.3. The predicted octanol–water partition coefficient (Wildman–Crippen LogP) is 3.15. The first-order chi connectivity index (χ1) is 12.3. The average Bonchev–Trinajstić information content (AvgIpc) is 2.67. The van der Waals surface area contributed by atoms with E-state index in [2.05, 4.69) is 10.6 Å². The molecule has 0 atom stereocenters. The van der Waals surface area contributed by atoms with Crippen molar-refractivity contribution in [3.8, 4) is 5.75 Å². The largest absolute Gasteiger partial charge is 0.489 e. The van der Waals surface area contributed by atoms with Crippen LogP contribution in [0.4, 0.5) is 0 Å². The first-order valence-corrected chi connectivity index (χ1v) is 8.76. The molecule has 130 valence electrons. The zero-order valence-electron chi connectivity index (χ0n) is 14.3. The summed E-state index contributed by atoms with van der Waals surface area (Å²) >= 11 is 0. The summed E-state index contributed by atoms with van der Waals surface area (Å²) in [6.45, 7) is 2.47. The molecule has 1 saturated heterocycles. The molecule has 3 rings (SSSR count). The maximum atomic E-state index is 12.0. The number of carbonyl (C=O) groups excluding carboxylic acids is 1. The van der Waals surface area contributed by atoms with Gasteiger partial charge in [-0.15, -0.1) is 0 Å². The zero-order chi connectivity index (χ0) is 17.3. The lowest BCUT2D eigenvalue weighted by Crippen LogP contribution is -2.42. The van der Waals surface area contributed by atoms with E-state index in [9.17, 15) is 4.79 Å². The molecule has 0 spiro atoms. The monoisotopic (exact) mass is 336 g/mol. The molecule has 2 aromatic rings. The molecule has 2 aromatic carbocycles. The number of rotatable bonds is 6. The Morgan fingerprint density at radius 1 is 1.12 bits per heavy atom. The van der Waals surface area contributed by atoms with Gasteiger partial charge in [-0.2, -0.15) is 0 Å². The molecular weight excluding hydrogens is 312 g/mol. The Hall–Kier alpha value is -2.59. The predicted molar refractivity (Wildman–Crippen MR) is 100 cm³/mol. The van der Waals surface area contributed by atoms with Crippen molar-refractivity contribution in [2.45, 2.75) is 25.5 Å². The second-order valence-corrected chi connectivity index (χ2v) is 6.21. The van der Waals surface area contributed by atoms with Gasteiger partial charge in [-0.25, -0.2) is 0 Å². The van der Waals surface area contributed by atoms with E-state index >= 15 is 0 Å². The standard InChI is InChI=1S/C21H24N2O2/c24-21(23-19-11-13-22-14-12-19)10-9-17-7-4-8-20(15-17)25-16-18-5-2-1-3-6-18/h1-10,15,19,22H,11-14,16H2,(H,23,24)/b10-9+. The maximum absolute atomic E-state index is 12.0. The minimum absolute atomic E-state index is 0.0393. The smallest absolute Gasteiger partial charge is 0.244 e. The SMILES string of the molecule is O=C(/C=C/c1cccc(OCc2ccccc2)c1)NC1CCNCC1. The molecule has 4 nitrogen and oxygen atoms in total. The van der Waals surface area contributed by atoms with Crippen LogP contribution in [0.5, 0.6) is 5.75 Å². The molecule has 25 heavy (non-hydrogen) atoms. The normalized spacial score (nSPS) is 15.2. The van der Waals surface area contributed by atoms with Crippen LogP contribution in [0.1, 0.15) is 24.0 Å². The highest BCUT2D eigenvalue weighted by Gasteiger charge is 2.13. The number of ether oxygens (including phenoxy) is 1. The Labute approximate surface area is 148 Å². The van der Waals surface area contributed by atoms with Crippen LogP contribution < -0.4 is 15.4 Å². The molecule has 0 aromatic heterocycles. The van der Waals surface area contributed by atoms with Crippen LogP contribution in [-0.2, 0) is 11.4 Å². The third kappa shape index (κ3) is 5.76. The first-order valence-electron chi connectivity index (χ1n) is 8.76. The average molecular weight is 336 g/mol. The van der Waals surface area contributed by atoms with E-state index in [4.69, 9.17) is 4.74 Å². The van der Waals surface area contributed by atoms with Crippen LogP contribution in [0.25, 0.3) is 6.08 Å². The number of hydrogen-bond acceptors (Lipinski definition) is 3. The van der Waals surface area contributed by atoms with Crippen LogP contribution in [0, 0.1) is 0 Å². The molecular formula is C21H24N2O2. The van der Waals surface area contributed by atoms with Crippen LogP contribution in [0.2, 0.25) is 0 Å². The van der Waals surface area contributed by atoms with Crippen molar-refractivity contribution in [2.75, 3.05) is 13.1 Å². The highest BCUT2D eigenvalue weighted by molar-refractivity contribution is 5.91. The second kappa shape index (κ2) is 9.04. The second-order valence-electron chi connectivity index (χ2n) is 6.21. The minimum atomic E-state index is -0.0393. The van der Waals surface area contributed by atoms with Gasteiger partial charge in [-0.3, -0.25) is 4.79 Å². The summed E-state index contributed by atoms with van der Waals surface area (Å²) < 4.78 is 5.82. The Morgan fingerprint density at radius 2 is 1.92 bits per heavy atom. The lowest BCUT2D eigenvalue weighted by Gasteiger charge is -2.22. The molecule has 4 heteroatoms. The summed E-state index contributed by atoms with van der Waals surface area (Å²) in [4.78, 5) is 12.0. The summed E-state index contributed by atoms with van der Waals surface area (Å²) in [6, 6.07) is 18.1. The van der Waals surface area contributed by atoms with Crippen molar-refractivity contribution in [3.05, 3.63) is 71.8 Å². The molecule has 2 N–H and O–H groups in total. The summed E-state index contributed by atoms with van der Waals surface area (Å²) in [5.41, 5.74) is 2.08. The molecule has 0 unspecified atom stereocenters. The van der Waals surface area contributed by atoms with Crippen LogP contribution in [0.3, 0.4) is 0 Å². The maximum Gasteiger partial charge on any atom is 0.244 e. The number of amides is 1. The molecule has 1 amide bonds. The van der Waals surface area contributed by atoms with Crippen molar-refractivity contribution < 1.29 is 9.53 Å². The molecule has 0 saturated carbocycles. The molecule has 0 bridgehead atoms. The third-order valence-electron chi connectivity index (χ3n) is 4.22. The topological polar surface area (TPSA) is 50.4 Å². The van der Waals surface area contributed by atoms with Gasteiger partial charge in [0.1, 0.15) is 12.4 Å². The number of carbonyl (C=O) groups is 1. The molecule has 1 heterocycles. The van der Waals surface area contributed by atoms with Gasteiger partial charge in [0.2, 0.25) is 5.91 Å². The lowest BCUT2D eigenvalue weighted by molar-refractivity contribution is -0.117. The van der Waals surface area contributed by atoms with Crippen molar-refractivity contribution in [2.24, 2.45) is 0 Å². The summed E-state index contributed by atoms with van der Waals surface area (Å²) in [5.74, 6) is 0.757. The Bertz CT molecular complexity index is 707. The van der Waals surface area contributed by atoms with Gasteiger partial charge in [0.05, 0.1) is 0 Å². The molecule has 0 radical (unpaired) electrons. The quantitative estimate of drug-likeness (QED) is 0.797. The number of benzene rings is 2. The molecule has 0 aliphatic carbocycles. The van der Waals surface area contributed by atoms with Crippen molar-refractivity contribution >= 4 is 12.0 Å². The highest BCUT2D eigenvalue weighted by Crippen LogP contribution is 2.16. The van der Waals surface area contributed by atoms with Crippen molar-refractivity contribution in [3.63, 3.8) is 0 Å². The van der Waals surface area contributed by atoms with E-state index in [1.165, 1.54) is 0 Å². The van der Waals surface area contributed by atoms with Gasteiger partial charge in [-0.05, 0) is 55.3 Å². The fourth-order valence-corrected chi connectivity index (χ4v) is 2.84. The summed E-state index contributed by atoms with van der Waals surface area (Å²) in [6.07, 6.45) is 5.40. The van der Waals surface area contributed by atoms with Crippen LogP contribution >= 0.6 is 0 Å². The van der Waals surface area contributed by atoms with Crippen molar-refractivity contribution in [1.29, 1.82) is 0 Å². The van der Waals surface area contributed by atoms with Gasteiger partial charge in [0.15, 0.2) is 0 Å². The number of nitrogens with one attached hydrogen (secondary N) is 2. The van der Waals surface area contributed by atoms with E-state index in [1.807, 2.05) is 60.7 Å². The van der Waals surface area contributed by atoms with E-state index in [-0.39, 0.29) is 11.9 Å². The fraction of sp³-hybridized carbons (Fsp3) is 0.286. The van der Waals surface area contributed by atoms with E-state index in [0.29, 0.717) is 6.61 Å². The number of hydrogen-bond donors (Lipinski definition) is 2. The summed E-state index contributed by atoms with van der Waals surface area (Å²) in [5, 5.41) is 6.35. The fourth-order valence-electron chi connectivity index (χ4n) is 2.84. The molecule has 1 aliphatic heterocycles. The first kappa shape index (κ1) is 17.2. The Morgan fingerprint density at radius 3 is 2.72 bits per heavy atom. The minimum Gasteiger partial charge on any atom is -0.489 e. The van der Waals surface area contributed by atoms with Gasteiger partial charge >= 0.3 is 0 Å². The van der Waals surface area contributed by atoms with Crippen molar-refractivity contribution in [1.82, 2.24) is 10.6 Å². The van der Waals surface area contributed by atoms with Gasteiger partial charge in [0, 0.05) is 12.1 Å². The molecule has 1 aliphatic rings. The lowest BCUT2D eigenvalue weighted by atomic mass is 10.1. The third-order valence-corrected chi connectivity index (χ3v) is 4.22. The van der Waals surface area contributed by atoms with Crippen LogP contribution in [0.15, 0.2) is 60.7 Å². The van der Waals surface area contributed by atoms with Gasteiger partial charge in [0.25, 0.3) is 0 Å². The Kier molecular flexibility index (Phi) is 6.23. The Balaban J connectivity index is 1.52. The van der Waals surface area contributed by atoms with Gasteiger partial charge < -0.3 is 15.4 Å². The van der Waals surface area contributed by atoms with Crippen LogP contribution in [-0.4, -0.2) is 25.0 Å². The van der Waals surface area contributed by atoms with E-state index in [0.717, 1.165) is 42.8 Å². The van der Waals surface area contributed by atoms with Gasteiger partial charge in [-0.1, -0.05) is 42.5 Å². The summed E-state index contributed by atoms with van der Waals surface area (Å²) in [7, 11) is 0. The highest BCUT2D eigenvalue weighted by atomic mass is 16.5.